The van der Waals surface area contributed by atoms with Gasteiger partial charge in [0.25, 0.3) is 0 Å². The molecule has 1 aliphatic rings. The standard InChI is InChI=1S/C17H24F2/c1-15(2,3)13-6-5-7-14(12-13)16(4)8-10-17(18,19)11-9-16/h5-7,12H,8-11H2,1-4H3. The van der Waals surface area contributed by atoms with Crippen LogP contribution in [0.15, 0.2) is 24.3 Å². The molecular weight excluding hydrogens is 242 g/mol. The third-order valence-corrected chi connectivity index (χ3v) is 4.51. The maximum atomic E-state index is 13.3. The first-order valence-electron chi connectivity index (χ1n) is 7.11. The lowest BCUT2D eigenvalue weighted by Crippen LogP contribution is -2.34. The molecule has 106 valence electrons. The minimum absolute atomic E-state index is 0.0171. The van der Waals surface area contributed by atoms with Crippen LogP contribution in [0.3, 0.4) is 0 Å². The van der Waals surface area contributed by atoms with E-state index in [1.165, 1.54) is 11.1 Å². The number of hydrogen-bond donors (Lipinski definition) is 0. The highest BCUT2D eigenvalue weighted by atomic mass is 19.3. The summed E-state index contributed by atoms with van der Waals surface area (Å²) in [4.78, 5) is 0. The Kier molecular flexibility index (Phi) is 3.49. The highest BCUT2D eigenvalue weighted by Crippen LogP contribution is 2.45. The van der Waals surface area contributed by atoms with Crippen molar-refractivity contribution in [3.63, 3.8) is 0 Å². The number of benzene rings is 1. The fraction of sp³-hybridized carbons (Fsp3) is 0.647. The van der Waals surface area contributed by atoms with Crippen molar-refractivity contribution in [1.82, 2.24) is 0 Å². The first-order chi connectivity index (χ1) is 8.62. The van der Waals surface area contributed by atoms with Crippen LogP contribution < -0.4 is 0 Å². The third-order valence-electron chi connectivity index (χ3n) is 4.51. The molecular formula is C17H24F2. The molecule has 0 nitrogen and oxygen atoms in total. The zero-order valence-electron chi connectivity index (χ0n) is 12.4. The van der Waals surface area contributed by atoms with Crippen LogP contribution in [-0.2, 0) is 10.8 Å². The maximum absolute atomic E-state index is 13.3. The number of rotatable bonds is 1. The molecule has 0 N–H and O–H groups in total. The Labute approximate surface area is 115 Å². The van der Waals surface area contributed by atoms with Crippen LogP contribution in [0, 0.1) is 0 Å². The van der Waals surface area contributed by atoms with Gasteiger partial charge in [0, 0.05) is 12.8 Å². The van der Waals surface area contributed by atoms with Crippen LogP contribution in [-0.4, -0.2) is 5.92 Å². The van der Waals surface area contributed by atoms with E-state index in [1.807, 2.05) is 0 Å². The molecule has 0 radical (unpaired) electrons. The normalized spacial score (nSPS) is 22.2. The van der Waals surface area contributed by atoms with Crippen molar-refractivity contribution < 1.29 is 8.78 Å². The summed E-state index contributed by atoms with van der Waals surface area (Å²) in [6.07, 6.45) is 1.19. The Morgan fingerprint density at radius 2 is 1.58 bits per heavy atom. The molecule has 19 heavy (non-hydrogen) atoms. The molecule has 1 fully saturated rings. The van der Waals surface area contributed by atoms with Gasteiger partial charge >= 0.3 is 0 Å². The van der Waals surface area contributed by atoms with Gasteiger partial charge in [-0.3, -0.25) is 0 Å². The molecule has 0 unspecified atom stereocenters. The average Bonchev–Trinajstić information content (AvgIpc) is 2.33. The Hall–Kier alpha value is -0.920. The van der Waals surface area contributed by atoms with Crippen molar-refractivity contribution in [2.75, 3.05) is 0 Å². The van der Waals surface area contributed by atoms with Gasteiger partial charge in [-0.2, -0.15) is 0 Å². The van der Waals surface area contributed by atoms with Gasteiger partial charge in [0.05, 0.1) is 0 Å². The second kappa shape index (κ2) is 4.57. The van der Waals surface area contributed by atoms with Crippen molar-refractivity contribution in [1.29, 1.82) is 0 Å². The summed E-state index contributed by atoms with van der Waals surface area (Å²) < 4.78 is 26.7. The van der Waals surface area contributed by atoms with E-state index in [4.69, 9.17) is 0 Å². The lowest BCUT2D eigenvalue weighted by Gasteiger charge is -2.38. The van der Waals surface area contributed by atoms with E-state index < -0.39 is 5.92 Å². The minimum Gasteiger partial charge on any atom is -0.207 e. The van der Waals surface area contributed by atoms with Gasteiger partial charge in [-0.25, -0.2) is 8.78 Å². The Morgan fingerprint density at radius 3 is 2.11 bits per heavy atom. The minimum atomic E-state index is -2.46. The summed E-state index contributed by atoms with van der Waals surface area (Å²) in [6.45, 7) is 8.68. The predicted molar refractivity (Wildman–Crippen MR) is 75.9 cm³/mol. The fourth-order valence-corrected chi connectivity index (χ4v) is 2.82. The lowest BCUT2D eigenvalue weighted by atomic mass is 9.69. The van der Waals surface area contributed by atoms with Crippen molar-refractivity contribution in [2.24, 2.45) is 0 Å². The van der Waals surface area contributed by atoms with E-state index in [0.717, 1.165) is 0 Å². The van der Waals surface area contributed by atoms with E-state index in [-0.39, 0.29) is 23.7 Å². The van der Waals surface area contributed by atoms with Crippen molar-refractivity contribution >= 4 is 0 Å². The molecule has 1 aromatic carbocycles. The van der Waals surface area contributed by atoms with Crippen LogP contribution in [0.4, 0.5) is 8.78 Å². The smallest absolute Gasteiger partial charge is 0.207 e. The Balaban J connectivity index is 2.27. The number of hydrogen-bond acceptors (Lipinski definition) is 0. The molecule has 0 spiro atoms. The quantitative estimate of drug-likeness (QED) is 0.634. The van der Waals surface area contributed by atoms with E-state index in [9.17, 15) is 8.78 Å². The second-order valence-electron chi connectivity index (χ2n) is 7.25. The third kappa shape index (κ3) is 3.16. The monoisotopic (exact) mass is 266 g/mol. The Morgan fingerprint density at radius 1 is 1.00 bits per heavy atom. The summed E-state index contributed by atoms with van der Waals surface area (Å²) in [5.41, 5.74) is 2.51. The molecule has 0 aromatic heterocycles. The molecule has 2 heteroatoms. The number of halogens is 2. The Bertz CT molecular complexity index is 445. The van der Waals surface area contributed by atoms with Gasteiger partial charge < -0.3 is 0 Å². The summed E-state index contributed by atoms with van der Waals surface area (Å²) >= 11 is 0. The van der Waals surface area contributed by atoms with Crippen LogP contribution in [0.25, 0.3) is 0 Å². The zero-order valence-corrected chi connectivity index (χ0v) is 12.4. The van der Waals surface area contributed by atoms with Gasteiger partial charge in [-0.15, -0.1) is 0 Å². The van der Waals surface area contributed by atoms with Gasteiger partial charge in [-0.1, -0.05) is 52.0 Å². The summed E-state index contributed by atoms with van der Waals surface area (Å²) in [5.74, 6) is -2.46. The molecule has 1 aromatic rings. The van der Waals surface area contributed by atoms with E-state index >= 15 is 0 Å². The highest BCUT2D eigenvalue weighted by molar-refractivity contribution is 5.33. The molecule has 0 atom stereocenters. The van der Waals surface area contributed by atoms with Crippen LogP contribution in [0.5, 0.6) is 0 Å². The SMILES string of the molecule is CC(C)(C)c1cccc(C2(C)CCC(F)(F)CC2)c1. The van der Waals surface area contributed by atoms with Crippen LogP contribution in [0.2, 0.25) is 0 Å². The highest BCUT2D eigenvalue weighted by Gasteiger charge is 2.41. The largest absolute Gasteiger partial charge is 0.248 e. The van der Waals surface area contributed by atoms with Crippen molar-refractivity contribution in [2.45, 2.75) is 70.1 Å². The first-order valence-corrected chi connectivity index (χ1v) is 7.11. The topological polar surface area (TPSA) is 0 Å². The fourth-order valence-electron chi connectivity index (χ4n) is 2.82. The average molecular weight is 266 g/mol. The van der Waals surface area contributed by atoms with Gasteiger partial charge in [-0.05, 0) is 34.8 Å². The van der Waals surface area contributed by atoms with Crippen molar-refractivity contribution in [3.05, 3.63) is 35.4 Å². The number of alkyl halides is 2. The van der Waals surface area contributed by atoms with Gasteiger partial charge in [0.15, 0.2) is 0 Å². The van der Waals surface area contributed by atoms with E-state index in [2.05, 4.69) is 52.0 Å². The van der Waals surface area contributed by atoms with Crippen LogP contribution >= 0.6 is 0 Å². The van der Waals surface area contributed by atoms with Crippen LogP contribution in [0.1, 0.15) is 64.5 Å². The zero-order chi connectivity index (χ0) is 14.3. The molecule has 1 saturated carbocycles. The molecule has 0 bridgehead atoms. The first kappa shape index (κ1) is 14.5. The van der Waals surface area contributed by atoms with Gasteiger partial charge in [0.1, 0.15) is 0 Å². The molecule has 1 aliphatic carbocycles. The summed E-state index contributed by atoms with van der Waals surface area (Å²) in [5, 5.41) is 0. The van der Waals surface area contributed by atoms with E-state index in [0.29, 0.717) is 12.8 Å². The lowest BCUT2D eigenvalue weighted by molar-refractivity contribution is -0.0497. The molecule has 0 amide bonds. The second-order valence-corrected chi connectivity index (χ2v) is 7.25. The van der Waals surface area contributed by atoms with E-state index in [1.54, 1.807) is 0 Å². The van der Waals surface area contributed by atoms with Crippen molar-refractivity contribution in [3.8, 4) is 0 Å². The summed E-state index contributed by atoms with van der Waals surface area (Å²) in [6, 6.07) is 8.50. The maximum Gasteiger partial charge on any atom is 0.248 e. The molecule has 0 aliphatic heterocycles. The predicted octanol–water partition coefficient (Wildman–Crippen LogP) is 5.45. The molecule has 0 heterocycles. The van der Waals surface area contributed by atoms with Gasteiger partial charge in [0.2, 0.25) is 5.92 Å². The molecule has 0 saturated heterocycles. The summed E-state index contributed by atoms with van der Waals surface area (Å²) in [7, 11) is 0. The molecule has 2 rings (SSSR count).